The predicted octanol–water partition coefficient (Wildman–Crippen LogP) is 2.78. The number of amides is 3. The van der Waals surface area contributed by atoms with Crippen molar-refractivity contribution in [2.75, 3.05) is 13.1 Å². The van der Waals surface area contributed by atoms with Gasteiger partial charge in [0.1, 0.15) is 5.60 Å². The topological polar surface area (TPSA) is 93.2 Å². The summed E-state index contributed by atoms with van der Waals surface area (Å²) >= 11 is 0. The van der Waals surface area contributed by atoms with Crippen LogP contribution in [0.15, 0.2) is 24.3 Å². The fourth-order valence-electron chi connectivity index (χ4n) is 3.52. The number of terminal acetylenes is 1. The highest BCUT2D eigenvalue weighted by Crippen LogP contribution is 2.37. The maximum Gasteiger partial charge on any atom is 0.410 e. The highest BCUT2D eigenvalue weighted by Gasteiger charge is 2.47. The van der Waals surface area contributed by atoms with Crippen molar-refractivity contribution in [3.05, 3.63) is 35.4 Å². The summed E-state index contributed by atoms with van der Waals surface area (Å²) in [5.41, 5.74) is -1.36. The van der Waals surface area contributed by atoms with Crippen LogP contribution in [-0.4, -0.2) is 52.5 Å². The summed E-state index contributed by atoms with van der Waals surface area (Å²) in [6.45, 7) is 5.81. The number of hydrogen-bond acceptors (Lipinski definition) is 6. The zero-order valence-corrected chi connectivity index (χ0v) is 17.3. The van der Waals surface area contributed by atoms with E-state index in [1.807, 2.05) is 0 Å². The third-order valence-electron chi connectivity index (χ3n) is 5.18. The third-order valence-corrected chi connectivity index (χ3v) is 5.18. The molecule has 1 aromatic rings. The van der Waals surface area contributed by atoms with E-state index in [0.29, 0.717) is 5.06 Å². The van der Waals surface area contributed by atoms with Crippen molar-refractivity contribution in [2.24, 2.45) is 5.41 Å². The lowest BCUT2D eigenvalue weighted by Crippen LogP contribution is -2.49. The zero-order chi connectivity index (χ0) is 22.1. The molecule has 1 fully saturated rings. The maximum atomic E-state index is 13.0. The largest absolute Gasteiger partial charge is 0.444 e. The molecule has 0 aromatic heterocycles. The standard InChI is InChI=1S/C22H24N2O6/c1-5-10-22(11-13-23(14-12-22)20(28)29-21(2,3)4)19(27)30-24-17(25)15-8-6-7-9-16(15)18(24)26/h1,6-9H,10-14H2,2-4H3. The van der Waals surface area contributed by atoms with E-state index in [2.05, 4.69) is 5.92 Å². The second-order valence-electron chi connectivity index (χ2n) is 8.46. The first-order chi connectivity index (χ1) is 14.1. The van der Waals surface area contributed by atoms with Gasteiger partial charge in [0, 0.05) is 19.5 Å². The Hall–Kier alpha value is -3.34. The van der Waals surface area contributed by atoms with Gasteiger partial charge in [0.15, 0.2) is 0 Å². The molecule has 0 N–H and O–H groups in total. The molecule has 0 spiro atoms. The van der Waals surface area contributed by atoms with Gasteiger partial charge < -0.3 is 14.5 Å². The summed E-state index contributed by atoms with van der Waals surface area (Å²) in [7, 11) is 0. The smallest absolute Gasteiger partial charge is 0.410 e. The molecule has 2 aliphatic heterocycles. The number of hydroxylamine groups is 2. The summed E-state index contributed by atoms with van der Waals surface area (Å²) in [6.07, 6.45) is 5.55. The van der Waals surface area contributed by atoms with E-state index >= 15 is 0 Å². The van der Waals surface area contributed by atoms with Gasteiger partial charge in [-0.1, -0.05) is 17.2 Å². The number of ether oxygens (including phenoxy) is 1. The van der Waals surface area contributed by atoms with Gasteiger partial charge in [0.2, 0.25) is 0 Å². The molecule has 2 heterocycles. The fraction of sp³-hybridized carbons (Fsp3) is 0.455. The molecule has 0 saturated carbocycles. The van der Waals surface area contributed by atoms with E-state index < -0.39 is 34.9 Å². The lowest BCUT2D eigenvalue weighted by molar-refractivity contribution is -0.184. The number of piperidine rings is 1. The molecule has 30 heavy (non-hydrogen) atoms. The van der Waals surface area contributed by atoms with Crippen LogP contribution in [0.5, 0.6) is 0 Å². The van der Waals surface area contributed by atoms with Gasteiger partial charge in [-0.3, -0.25) is 9.59 Å². The zero-order valence-electron chi connectivity index (χ0n) is 17.3. The second-order valence-corrected chi connectivity index (χ2v) is 8.46. The van der Waals surface area contributed by atoms with Crippen molar-refractivity contribution in [1.82, 2.24) is 9.96 Å². The molecule has 0 unspecified atom stereocenters. The monoisotopic (exact) mass is 412 g/mol. The van der Waals surface area contributed by atoms with Crippen LogP contribution in [0, 0.1) is 17.8 Å². The lowest BCUT2D eigenvalue weighted by atomic mass is 9.76. The number of hydrogen-bond donors (Lipinski definition) is 0. The van der Waals surface area contributed by atoms with E-state index in [9.17, 15) is 19.2 Å². The Morgan fingerprint density at radius 3 is 2.10 bits per heavy atom. The average Bonchev–Trinajstić information content (AvgIpc) is 2.92. The van der Waals surface area contributed by atoms with Crippen LogP contribution in [0.4, 0.5) is 4.79 Å². The minimum atomic E-state index is -1.09. The molecule has 1 saturated heterocycles. The van der Waals surface area contributed by atoms with Crippen molar-refractivity contribution in [1.29, 1.82) is 0 Å². The first-order valence-corrected chi connectivity index (χ1v) is 9.69. The Bertz CT molecular complexity index is 897. The summed E-state index contributed by atoms with van der Waals surface area (Å²) < 4.78 is 5.37. The first kappa shape index (κ1) is 21.4. The average molecular weight is 412 g/mol. The highest BCUT2D eigenvalue weighted by atomic mass is 16.7. The SMILES string of the molecule is C#CCC1(C(=O)ON2C(=O)c3ccccc3C2=O)CCN(C(=O)OC(C)(C)C)CC1. The van der Waals surface area contributed by atoms with Gasteiger partial charge >= 0.3 is 12.1 Å². The van der Waals surface area contributed by atoms with E-state index in [4.69, 9.17) is 16.0 Å². The summed E-state index contributed by atoms with van der Waals surface area (Å²) in [6, 6.07) is 6.25. The number of benzene rings is 1. The number of fused-ring (bicyclic) bond motifs is 1. The normalized spacial score (nSPS) is 17.9. The highest BCUT2D eigenvalue weighted by molar-refractivity contribution is 6.20. The lowest BCUT2D eigenvalue weighted by Gasteiger charge is -2.39. The van der Waals surface area contributed by atoms with Crippen LogP contribution >= 0.6 is 0 Å². The van der Waals surface area contributed by atoms with Crippen LogP contribution in [0.2, 0.25) is 0 Å². The molecular formula is C22H24N2O6. The van der Waals surface area contributed by atoms with Gasteiger partial charge in [-0.15, -0.1) is 12.3 Å². The molecule has 0 bridgehead atoms. The molecule has 0 atom stereocenters. The predicted molar refractivity (Wildman–Crippen MR) is 106 cm³/mol. The van der Waals surface area contributed by atoms with Crippen molar-refractivity contribution < 1.29 is 28.8 Å². The van der Waals surface area contributed by atoms with Crippen LogP contribution in [0.1, 0.15) is 60.7 Å². The van der Waals surface area contributed by atoms with Crippen molar-refractivity contribution in [2.45, 2.75) is 45.6 Å². The Kier molecular flexibility index (Phi) is 5.57. The van der Waals surface area contributed by atoms with Gasteiger partial charge in [0.25, 0.3) is 11.8 Å². The van der Waals surface area contributed by atoms with Gasteiger partial charge in [0.05, 0.1) is 16.5 Å². The Morgan fingerprint density at radius 1 is 1.10 bits per heavy atom. The summed E-state index contributed by atoms with van der Waals surface area (Å²) in [4.78, 5) is 57.0. The van der Waals surface area contributed by atoms with Crippen molar-refractivity contribution >= 4 is 23.9 Å². The number of nitrogens with zero attached hydrogens (tertiary/aromatic N) is 2. The third kappa shape index (κ3) is 4.01. The minimum absolute atomic E-state index is 0.0666. The number of imide groups is 1. The first-order valence-electron chi connectivity index (χ1n) is 9.69. The molecule has 3 rings (SSSR count). The van der Waals surface area contributed by atoms with Crippen molar-refractivity contribution in [3.63, 3.8) is 0 Å². The summed E-state index contributed by atoms with van der Waals surface area (Å²) in [5.74, 6) is 0.353. The quantitative estimate of drug-likeness (QED) is 0.560. The molecule has 1 aromatic carbocycles. The van der Waals surface area contributed by atoms with Crippen LogP contribution < -0.4 is 0 Å². The Labute approximate surface area is 175 Å². The van der Waals surface area contributed by atoms with E-state index in [1.54, 1.807) is 32.9 Å². The molecular weight excluding hydrogens is 388 g/mol. The Morgan fingerprint density at radius 2 is 1.63 bits per heavy atom. The van der Waals surface area contributed by atoms with Crippen LogP contribution in [0.3, 0.4) is 0 Å². The number of rotatable bonds is 3. The van der Waals surface area contributed by atoms with Gasteiger partial charge in [-0.2, -0.15) is 0 Å². The summed E-state index contributed by atoms with van der Waals surface area (Å²) in [5, 5.41) is 0.492. The van der Waals surface area contributed by atoms with Crippen molar-refractivity contribution in [3.8, 4) is 12.3 Å². The van der Waals surface area contributed by atoms with E-state index in [1.165, 1.54) is 17.0 Å². The molecule has 8 nitrogen and oxygen atoms in total. The molecule has 158 valence electrons. The van der Waals surface area contributed by atoms with Gasteiger partial charge in [-0.25, -0.2) is 9.59 Å². The maximum absolute atomic E-state index is 13.0. The van der Waals surface area contributed by atoms with Crippen LogP contribution in [0.25, 0.3) is 0 Å². The number of likely N-dealkylation sites (tertiary alicyclic amines) is 1. The molecule has 2 aliphatic rings. The molecule has 8 heteroatoms. The Balaban J connectivity index is 1.71. The second kappa shape index (κ2) is 7.82. The fourth-order valence-corrected chi connectivity index (χ4v) is 3.52. The molecule has 0 aliphatic carbocycles. The number of carbonyl (C=O) groups is 4. The van der Waals surface area contributed by atoms with E-state index in [0.717, 1.165) is 0 Å². The van der Waals surface area contributed by atoms with E-state index in [-0.39, 0.29) is 43.5 Å². The minimum Gasteiger partial charge on any atom is -0.444 e. The molecule has 3 amide bonds. The van der Waals surface area contributed by atoms with Crippen LogP contribution in [-0.2, 0) is 14.4 Å². The molecule has 0 radical (unpaired) electrons. The van der Waals surface area contributed by atoms with Gasteiger partial charge in [-0.05, 0) is 45.7 Å². The number of carbonyl (C=O) groups excluding carboxylic acids is 4.